The molecule has 0 radical (unpaired) electrons. The molecule has 0 aliphatic carbocycles. The van der Waals surface area contributed by atoms with Gasteiger partial charge in [0.25, 0.3) is 5.91 Å². The zero-order chi connectivity index (χ0) is 17.6. The number of piperazine rings is 1. The van der Waals surface area contributed by atoms with Crippen LogP contribution >= 0.6 is 0 Å². The lowest BCUT2D eigenvalue weighted by Crippen LogP contribution is -2.49. The molecule has 3 rings (SSSR count). The van der Waals surface area contributed by atoms with E-state index in [0.717, 1.165) is 31.9 Å². The van der Waals surface area contributed by atoms with E-state index < -0.39 is 0 Å². The van der Waals surface area contributed by atoms with Gasteiger partial charge < -0.3 is 15.1 Å². The molecule has 1 amide bonds. The van der Waals surface area contributed by atoms with Crippen molar-refractivity contribution in [1.29, 1.82) is 0 Å². The lowest BCUT2D eigenvalue weighted by Gasteiger charge is -2.36. The third kappa shape index (κ3) is 4.26. The molecule has 1 saturated heterocycles. The van der Waals surface area contributed by atoms with Gasteiger partial charge in [-0.15, -0.1) is 0 Å². The van der Waals surface area contributed by atoms with Gasteiger partial charge in [-0.1, -0.05) is 25.1 Å². The molecule has 0 unspecified atom stereocenters. The highest BCUT2D eigenvalue weighted by atomic mass is 16.2. The summed E-state index contributed by atoms with van der Waals surface area (Å²) in [5.74, 6) is 1.32. The molecule has 1 N–H and O–H groups in total. The molecular formula is C19H25N5O. The van der Waals surface area contributed by atoms with Gasteiger partial charge in [0.2, 0.25) is 0 Å². The van der Waals surface area contributed by atoms with Gasteiger partial charge in [-0.25, -0.2) is 9.97 Å². The molecule has 0 atom stereocenters. The highest BCUT2D eigenvalue weighted by Crippen LogP contribution is 2.17. The maximum atomic E-state index is 12.8. The molecule has 2 aromatic rings. The van der Waals surface area contributed by atoms with Crippen LogP contribution in [0, 0.1) is 6.92 Å². The van der Waals surface area contributed by atoms with Crippen LogP contribution in [0.2, 0.25) is 0 Å². The van der Waals surface area contributed by atoms with Crippen molar-refractivity contribution < 1.29 is 4.79 Å². The Hall–Kier alpha value is -2.63. The van der Waals surface area contributed by atoms with Crippen molar-refractivity contribution in [3.63, 3.8) is 0 Å². The smallest absolute Gasteiger partial charge is 0.272 e. The monoisotopic (exact) mass is 339 g/mol. The fourth-order valence-electron chi connectivity index (χ4n) is 2.99. The number of carbonyl (C=O) groups excluding carboxylic acids is 1. The number of benzene rings is 1. The topological polar surface area (TPSA) is 61.4 Å². The Morgan fingerprint density at radius 1 is 1.12 bits per heavy atom. The Morgan fingerprint density at radius 3 is 2.52 bits per heavy atom. The number of hydrogen-bond acceptors (Lipinski definition) is 5. The highest BCUT2D eigenvalue weighted by molar-refractivity contribution is 5.93. The van der Waals surface area contributed by atoms with Gasteiger partial charge in [-0.05, 0) is 25.5 Å². The van der Waals surface area contributed by atoms with Crippen LogP contribution in [-0.2, 0) is 0 Å². The van der Waals surface area contributed by atoms with Gasteiger partial charge in [0.1, 0.15) is 17.3 Å². The molecule has 6 heteroatoms. The third-order valence-electron chi connectivity index (χ3n) is 4.30. The van der Waals surface area contributed by atoms with Crippen molar-refractivity contribution >= 4 is 17.4 Å². The number of para-hydroxylation sites is 1. The number of nitrogens with one attached hydrogen (secondary N) is 1. The quantitative estimate of drug-likeness (QED) is 0.907. The minimum atomic E-state index is -0.0160. The molecule has 0 spiro atoms. The molecule has 0 saturated carbocycles. The Kier molecular flexibility index (Phi) is 5.48. The summed E-state index contributed by atoms with van der Waals surface area (Å²) in [6.07, 6.45) is 1.01. The summed E-state index contributed by atoms with van der Waals surface area (Å²) in [4.78, 5) is 25.7. The summed E-state index contributed by atoms with van der Waals surface area (Å²) < 4.78 is 0. The van der Waals surface area contributed by atoms with E-state index in [-0.39, 0.29) is 5.91 Å². The van der Waals surface area contributed by atoms with E-state index in [4.69, 9.17) is 0 Å². The number of amides is 1. The van der Waals surface area contributed by atoms with Gasteiger partial charge in [-0.2, -0.15) is 0 Å². The summed E-state index contributed by atoms with van der Waals surface area (Å²) in [6.45, 7) is 7.82. The van der Waals surface area contributed by atoms with Crippen LogP contribution < -0.4 is 10.2 Å². The maximum Gasteiger partial charge on any atom is 0.272 e. The first-order chi connectivity index (χ1) is 12.2. The Balaban J connectivity index is 1.65. The van der Waals surface area contributed by atoms with E-state index in [2.05, 4.69) is 39.2 Å². The molecule has 1 fully saturated rings. The van der Waals surface area contributed by atoms with E-state index in [1.165, 1.54) is 5.69 Å². The van der Waals surface area contributed by atoms with Gasteiger partial charge in [0.15, 0.2) is 0 Å². The van der Waals surface area contributed by atoms with Gasteiger partial charge in [0.05, 0.1) is 0 Å². The van der Waals surface area contributed by atoms with Crippen molar-refractivity contribution in [1.82, 2.24) is 14.9 Å². The SMILES string of the molecule is CCCNc1cc(C(=O)N2CCN(c3ccccc3)CC2)nc(C)n1. The second-order valence-corrected chi connectivity index (χ2v) is 6.23. The van der Waals surface area contributed by atoms with Gasteiger partial charge in [-0.3, -0.25) is 4.79 Å². The van der Waals surface area contributed by atoms with Crippen LogP contribution in [0.4, 0.5) is 11.5 Å². The van der Waals surface area contributed by atoms with Crippen LogP contribution in [0.25, 0.3) is 0 Å². The molecule has 6 nitrogen and oxygen atoms in total. The number of carbonyl (C=O) groups is 1. The van der Waals surface area contributed by atoms with E-state index in [1.54, 1.807) is 6.07 Å². The van der Waals surface area contributed by atoms with Crippen LogP contribution in [0.5, 0.6) is 0 Å². The normalized spacial score (nSPS) is 14.5. The van der Waals surface area contributed by atoms with E-state index in [0.29, 0.717) is 24.6 Å². The minimum absolute atomic E-state index is 0.0160. The number of nitrogens with zero attached hydrogens (tertiary/aromatic N) is 4. The largest absolute Gasteiger partial charge is 0.370 e. The molecule has 25 heavy (non-hydrogen) atoms. The van der Waals surface area contributed by atoms with Gasteiger partial charge >= 0.3 is 0 Å². The minimum Gasteiger partial charge on any atom is -0.370 e. The van der Waals surface area contributed by atoms with Crippen LogP contribution in [-0.4, -0.2) is 53.5 Å². The average molecular weight is 339 g/mol. The first-order valence-electron chi connectivity index (χ1n) is 8.86. The average Bonchev–Trinajstić information content (AvgIpc) is 2.66. The molecule has 0 bridgehead atoms. The molecule has 1 aliphatic rings. The van der Waals surface area contributed by atoms with E-state index >= 15 is 0 Å². The number of rotatable bonds is 5. The zero-order valence-electron chi connectivity index (χ0n) is 14.9. The predicted octanol–water partition coefficient (Wildman–Crippen LogP) is 2.57. The lowest BCUT2D eigenvalue weighted by molar-refractivity contribution is 0.0740. The fraction of sp³-hybridized carbons (Fsp3) is 0.421. The summed E-state index contributed by atoms with van der Waals surface area (Å²) in [6, 6.07) is 12.1. The zero-order valence-corrected chi connectivity index (χ0v) is 14.9. The predicted molar refractivity (Wildman–Crippen MR) is 100 cm³/mol. The second-order valence-electron chi connectivity index (χ2n) is 6.23. The van der Waals surface area contributed by atoms with Crippen LogP contribution in [0.1, 0.15) is 29.7 Å². The molecule has 2 heterocycles. The number of hydrogen-bond donors (Lipinski definition) is 1. The summed E-state index contributed by atoms with van der Waals surface area (Å²) in [5.41, 5.74) is 1.68. The van der Waals surface area contributed by atoms with E-state index in [1.807, 2.05) is 30.0 Å². The Bertz CT molecular complexity index is 711. The van der Waals surface area contributed by atoms with Crippen molar-refractivity contribution in [2.75, 3.05) is 42.9 Å². The van der Waals surface area contributed by atoms with Crippen LogP contribution in [0.3, 0.4) is 0 Å². The Labute approximate surface area is 148 Å². The highest BCUT2D eigenvalue weighted by Gasteiger charge is 2.23. The molecular weight excluding hydrogens is 314 g/mol. The first kappa shape index (κ1) is 17.2. The summed E-state index contributed by atoms with van der Waals surface area (Å²) >= 11 is 0. The Morgan fingerprint density at radius 2 is 1.84 bits per heavy atom. The fourth-order valence-corrected chi connectivity index (χ4v) is 2.99. The maximum absolute atomic E-state index is 12.8. The third-order valence-corrected chi connectivity index (χ3v) is 4.30. The number of aromatic nitrogens is 2. The lowest BCUT2D eigenvalue weighted by atomic mass is 10.2. The van der Waals surface area contributed by atoms with Crippen molar-refractivity contribution in [2.45, 2.75) is 20.3 Å². The van der Waals surface area contributed by atoms with Crippen LogP contribution in [0.15, 0.2) is 36.4 Å². The van der Waals surface area contributed by atoms with Gasteiger partial charge in [0, 0.05) is 44.5 Å². The summed E-state index contributed by atoms with van der Waals surface area (Å²) in [5, 5.41) is 3.23. The van der Waals surface area contributed by atoms with E-state index in [9.17, 15) is 4.79 Å². The standard InChI is InChI=1S/C19H25N5O/c1-3-9-20-18-14-17(21-15(2)22-18)19(25)24-12-10-23(11-13-24)16-7-5-4-6-8-16/h4-8,14H,3,9-13H2,1-2H3,(H,20,21,22). The number of anilines is 2. The number of aryl methyl sites for hydroxylation is 1. The molecule has 1 aliphatic heterocycles. The molecule has 132 valence electrons. The first-order valence-corrected chi connectivity index (χ1v) is 8.86. The van der Waals surface area contributed by atoms with Crippen molar-refractivity contribution in [3.8, 4) is 0 Å². The molecule has 1 aromatic carbocycles. The molecule has 1 aromatic heterocycles. The van der Waals surface area contributed by atoms with Crippen molar-refractivity contribution in [3.05, 3.63) is 47.9 Å². The summed E-state index contributed by atoms with van der Waals surface area (Å²) in [7, 11) is 0. The van der Waals surface area contributed by atoms with Crippen molar-refractivity contribution in [2.24, 2.45) is 0 Å². The second kappa shape index (κ2) is 7.96.